The average Bonchev–Trinajstić information content (AvgIpc) is 2.58. The Bertz CT molecular complexity index is 876. The van der Waals surface area contributed by atoms with E-state index >= 15 is 0 Å². The fourth-order valence-electron chi connectivity index (χ4n) is 2.07. The summed E-state index contributed by atoms with van der Waals surface area (Å²) in [7, 11) is 1.38. The Labute approximate surface area is 150 Å². The van der Waals surface area contributed by atoms with Crippen molar-refractivity contribution >= 4 is 22.9 Å². The first kappa shape index (κ1) is 22.0. The predicted molar refractivity (Wildman–Crippen MR) is 86.7 cm³/mol. The van der Waals surface area contributed by atoms with Gasteiger partial charge in [-0.15, -0.1) is 0 Å². The van der Waals surface area contributed by atoms with Crippen molar-refractivity contribution in [3.8, 4) is 5.75 Å². The molecule has 0 radical (unpaired) electrons. The Morgan fingerprint density at radius 1 is 1.26 bits per heavy atom. The van der Waals surface area contributed by atoms with Gasteiger partial charge in [-0.2, -0.15) is 13.2 Å². The van der Waals surface area contributed by atoms with Crippen molar-refractivity contribution in [1.29, 1.82) is 0 Å². The lowest BCUT2D eigenvalue weighted by molar-refractivity contribution is -0.192. The number of methoxy groups -OCH3 is 1. The zero-order valence-corrected chi connectivity index (χ0v) is 13.9. The van der Waals surface area contributed by atoms with E-state index in [9.17, 15) is 22.8 Å². The molecule has 1 aromatic heterocycles. The smallest absolute Gasteiger partial charge is 0.490 e. The first-order chi connectivity index (χ1) is 12.5. The Kier molecular flexibility index (Phi) is 7.35. The molecule has 0 spiro atoms. The van der Waals surface area contributed by atoms with Crippen LogP contribution in [0.4, 0.5) is 13.2 Å². The zero-order valence-electron chi connectivity index (χ0n) is 13.9. The van der Waals surface area contributed by atoms with Crippen LogP contribution in [-0.2, 0) is 16.0 Å². The molecule has 0 amide bonds. The summed E-state index contributed by atoms with van der Waals surface area (Å²) in [6, 6.07) is 6.05. The number of carboxylic acid groups (broad SMARTS) is 2. The monoisotopic (exact) mass is 391 g/mol. The highest BCUT2D eigenvalue weighted by molar-refractivity contribution is 5.82. The first-order valence-corrected chi connectivity index (χ1v) is 7.36. The van der Waals surface area contributed by atoms with Crippen molar-refractivity contribution in [1.82, 2.24) is 0 Å². The molecule has 148 valence electrons. The van der Waals surface area contributed by atoms with Crippen LogP contribution in [0.2, 0.25) is 0 Å². The number of alkyl halides is 3. The van der Waals surface area contributed by atoms with E-state index in [4.69, 9.17) is 29.9 Å². The molecule has 2 rings (SSSR count). The number of benzene rings is 1. The molecule has 4 N–H and O–H groups in total. The van der Waals surface area contributed by atoms with Gasteiger partial charge in [0.1, 0.15) is 11.6 Å². The molecule has 0 aliphatic rings. The van der Waals surface area contributed by atoms with Crippen molar-refractivity contribution in [2.75, 3.05) is 7.11 Å². The van der Waals surface area contributed by atoms with Gasteiger partial charge in [-0.3, -0.25) is 4.79 Å². The number of aryl methyl sites for hydroxylation is 1. The van der Waals surface area contributed by atoms with E-state index in [-0.39, 0.29) is 12.2 Å². The molecule has 0 aliphatic heterocycles. The molecular formula is C16H16F3NO7. The zero-order chi connectivity index (χ0) is 20.8. The van der Waals surface area contributed by atoms with Crippen molar-refractivity contribution in [2.45, 2.75) is 25.1 Å². The second-order valence-electron chi connectivity index (χ2n) is 5.18. The summed E-state index contributed by atoms with van der Waals surface area (Å²) in [6.07, 6.45) is -4.55. The van der Waals surface area contributed by atoms with E-state index < -0.39 is 29.8 Å². The van der Waals surface area contributed by atoms with Crippen LogP contribution in [-0.4, -0.2) is 41.5 Å². The van der Waals surface area contributed by atoms with Crippen molar-refractivity contribution in [3.63, 3.8) is 0 Å². The Hall–Kier alpha value is -3.08. The van der Waals surface area contributed by atoms with Crippen molar-refractivity contribution < 1.29 is 42.1 Å². The van der Waals surface area contributed by atoms with Gasteiger partial charge in [-0.1, -0.05) is 18.2 Å². The number of nitrogens with two attached hydrogens (primary N) is 1. The van der Waals surface area contributed by atoms with Crippen LogP contribution >= 0.6 is 0 Å². The molecule has 2 aromatic rings. The molecule has 27 heavy (non-hydrogen) atoms. The highest BCUT2D eigenvalue weighted by Crippen LogP contribution is 2.26. The molecule has 1 aromatic carbocycles. The minimum atomic E-state index is -5.08. The average molecular weight is 391 g/mol. The van der Waals surface area contributed by atoms with Crippen LogP contribution in [0.25, 0.3) is 11.0 Å². The molecule has 0 fully saturated rings. The van der Waals surface area contributed by atoms with Gasteiger partial charge in [0.2, 0.25) is 5.75 Å². The van der Waals surface area contributed by atoms with Crippen LogP contribution < -0.4 is 16.1 Å². The number of carboxylic acids is 2. The number of ether oxygens (including phenoxy) is 1. The fourth-order valence-corrected chi connectivity index (χ4v) is 2.07. The Morgan fingerprint density at radius 3 is 2.30 bits per heavy atom. The van der Waals surface area contributed by atoms with E-state index in [0.717, 1.165) is 5.39 Å². The van der Waals surface area contributed by atoms with Crippen LogP contribution in [0, 0.1) is 0 Å². The van der Waals surface area contributed by atoms with Crippen LogP contribution in [0.3, 0.4) is 0 Å². The fraction of sp³-hybridized carbons (Fsp3) is 0.312. The Morgan fingerprint density at radius 2 is 1.81 bits per heavy atom. The van der Waals surface area contributed by atoms with Gasteiger partial charge in [0, 0.05) is 10.9 Å². The van der Waals surface area contributed by atoms with Gasteiger partial charge in [-0.05, 0) is 18.9 Å². The summed E-state index contributed by atoms with van der Waals surface area (Å²) < 4.78 is 42.0. The maximum atomic E-state index is 11.8. The summed E-state index contributed by atoms with van der Waals surface area (Å²) in [4.78, 5) is 31.5. The van der Waals surface area contributed by atoms with Crippen molar-refractivity contribution in [3.05, 3.63) is 40.2 Å². The van der Waals surface area contributed by atoms with Gasteiger partial charge >= 0.3 is 23.7 Å². The number of hydrogen-bond donors (Lipinski definition) is 3. The van der Waals surface area contributed by atoms with E-state index in [1.165, 1.54) is 7.11 Å². The Balaban J connectivity index is 0.000000445. The van der Waals surface area contributed by atoms with E-state index in [2.05, 4.69) is 0 Å². The highest BCUT2D eigenvalue weighted by Gasteiger charge is 2.38. The number of fused-ring (bicyclic) bond motifs is 1. The minimum Gasteiger partial charge on any atom is -0.490 e. The van der Waals surface area contributed by atoms with Gasteiger partial charge in [0.25, 0.3) is 0 Å². The largest absolute Gasteiger partial charge is 0.490 e. The van der Waals surface area contributed by atoms with E-state index in [1.807, 2.05) is 6.07 Å². The van der Waals surface area contributed by atoms with Crippen LogP contribution in [0.5, 0.6) is 5.75 Å². The maximum Gasteiger partial charge on any atom is 0.490 e. The number of halogens is 3. The highest BCUT2D eigenvalue weighted by atomic mass is 19.4. The standard InChI is InChI=1S/C14H15NO5.C2HF3O2/c1-19-12-9(6-7-10(15)13(16)17)8-4-2-3-5-11(8)20-14(12)18;3-2(4,5)1(6)7/h2-5,10H,6-7,15H2,1H3,(H,16,17);(H,6,7)/t10-;/m0./s1. The summed E-state index contributed by atoms with van der Waals surface area (Å²) >= 11 is 0. The molecular weight excluding hydrogens is 375 g/mol. The molecule has 8 nitrogen and oxygen atoms in total. The molecule has 0 aliphatic carbocycles. The predicted octanol–water partition coefficient (Wildman–Crippen LogP) is 1.78. The van der Waals surface area contributed by atoms with Crippen molar-refractivity contribution in [2.24, 2.45) is 5.73 Å². The molecule has 0 saturated carbocycles. The summed E-state index contributed by atoms with van der Waals surface area (Å²) in [5, 5.41) is 16.7. The second-order valence-corrected chi connectivity index (χ2v) is 5.18. The summed E-state index contributed by atoms with van der Waals surface area (Å²) in [5.74, 6) is -3.73. The maximum absolute atomic E-state index is 11.8. The third-order valence-corrected chi connectivity index (χ3v) is 3.34. The number of carbonyl (C=O) groups is 2. The molecule has 1 atom stereocenters. The van der Waals surface area contributed by atoms with Crippen LogP contribution in [0.1, 0.15) is 12.0 Å². The number of aliphatic carboxylic acids is 2. The minimum absolute atomic E-state index is 0.0984. The SMILES string of the molecule is COc1c(CC[C@H](N)C(=O)O)c2ccccc2oc1=O.O=C(O)C(F)(F)F. The van der Waals surface area contributed by atoms with Gasteiger partial charge < -0.3 is 25.1 Å². The normalized spacial score (nSPS) is 12.0. The van der Waals surface area contributed by atoms with Gasteiger partial charge in [0.15, 0.2) is 0 Å². The summed E-state index contributed by atoms with van der Waals surface area (Å²) in [6.45, 7) is 0. The first-order valence-electron chi connectivity index (χ1n) is 7.36. The third-order valence-electron chi connectivity index (χ3n) is 3.34. The quantitative estimate of drug-likeness (QED) is 0.655. The number of para-hydroxylation sites is 1. The number of hydrogen-bond acceptors (Lipinski definition) is 6. The van der Waals surface area contributed by atoms with Crippen LogP contribution in [0.15, 0.2) is 33.5 Å². The molecule has 11 heteroatoms. The lowest BCUT2D eigenvalue weighted by atomic mass is 10.0. The molecule has 1 heterocycles. The van der Waals surface area contributed by atoms with Gasteiger partial charge in [-0.25, -0.2) is 9.59 Å². The summed E-state index contributed by atoms with van der Waals surface area (Å²) in [5.41, 5.74) is 5.98. The molecule has 0 unspecified atom stereocenters. The van der Waals surface area contributed by atoms with E-state index in [0.29, 0.717) is 17.6 Å². The topological polar surface area (TPSA) is 140 Å². The second kappa shape index (κ2) is 9.03. The molecule has 0 bridgehead atoms. The lowest BCUT2D eigenvalue weighted by Crippen LogP contribution is -2.30. The lowest BCUT2D eigenvalue weighted by Gasteiger charge is -2.11. The molecule has 0 saturated heterocycles. The van der Waals surface area contributed by atoms with E-state index in [1.54, 1.807) is 18.2 Å². The number of rotatable bonds is 5. The third kappa shape index (κ3) is 5.99. The van der Waals surface area contributed by atoms with Gasteiger partial charge in [0.05, 0.1) is 7.11 Å².